The van der Waals surface area contributed by atoms with Crippen molar-refractivity contribution < 1.29 is 22.7 Å². The summed E-state index contributed by atoms with van der Waals surface area (Å²) in [6.07, 6.45) is -3.54. The van der Waals surface area contributed by atoms with Crippen molar-refractivity contribution in [3.8, 4) is 11.8 Å². The highest BCUT2D eigenvalue weighted by Crippen LogP contribution is 2.36. The smallest absolute Gasteiger partial charge is 0.417 e. The van der Waals surface area contributed by atoms with Crippen LogP contribution in [0, 0.1) is 11.3 Å². The second kappa shape index (κ2) is 8.47. The molecule has 2 N–H and O–H groups in total. The third-order valence-electron chi connectivity index (χ3n) is 3.37. The average Bonchev–Trinajstić information content (AvgIpc) is 2.63. The third-order valence-corrected chi connectivity index (χ3v) is 3.70. The first-order valence-electron chi connectivity index (χ1n) is 7.44. The summed E-state index contributed by atoms with van der Waals surface area (Å²) in [6.45, 7) is 0. The molecule has 0 spiro atoms. The Kier molecular flexibility index (Phi) is 6.32. The van der Waals surface area contributed by atoms with Gasteiger partial charge in [-0.25, -0.2) is 0 Å². The number of halogens is 4. The Morgan fingerprint density at radius 1 is 1.26 bits per heavy atom. The summed E-state index contributed by atoms with van der Waals surface area (Å²) < 4.78 is 43.8. The maximum absolute atomic E-state index is 12.9. The highest BCUT2D eigenvalue weighted by Gasteiger charge is 2.33. The van der Waals surface area contributed by atoms with Gasteiger partial charge in [0.05, 0.1) is 23.4 Å². The summed E-state index contributed by atoms with van der Waals surface area (Å²) in [6, 6.07) is 11.4. The molecular formula is C18H13ClF3N3O2. The molecule has 0 atom stereocenters. The van der Waals surface area contributed by atoms with Crippen LogP contribution in [0.1, 0.15) is 5.56 Å². The number of ether oxygens (including phenoxy) is 1. The van der Waals surface area contributed by atoms with Crippen LogP contribution in [0.15, 0.2) is 54.2 Å². The molecule has 2 rings (SSSR count). The second-order valence-corrected chi connectivity index (χ2v) is 5.57. The molecule has 0 saturated heterocycles. The van der Waals surface area contributed by atoms with Crippen LogP contribution in [-0.2, 0) is 11.0 Å². The van der Waals surface area contributed by atoms with Crippen molar-refractivity contribution in [3.63, 3.8) is 0 Å². The number of nitriles is 1. The molecule has 0 unspecified atom stereocenters. The van der Waals surface area contributed by atoms with Crippen molar-refractivity contribution in [2.24, 2.45) is 0 Å². The standard InChI is InChI=1S/C18H13ClF3N3O2/c1-27-16-5-3-2-4-15(16)24-10-11(9-23)17(26)25-12-6-7-14(19)13(8-12)18(20,21)22/h2-8,10,24H,1H3,(H,25,26)/b11-10-. The molecule has 0 aliphatic rings. The topological polar surface area (TPSA) is 74.1 Å². The summed E-state index contributed by atoms with van der Waals surface area (Å²) >= 11 is 5.54. The van der Waals surface area contributed by atoms with E-state index in [9.17, 15) is 18.0 Å². The first kappa shape index (κ1) is 20.1. The zero-order valence-corrected chi connectivity index (χ0v) is 14.7. The second-order valence-electron chi connectivity index (χ2n) is 5.16. The third kappa shape index (κ3) is 5.15. The number of para-hydroxylation sites is 2. The number of carbonyl (C=O) groups is 1. The fourth-order valence-electron chi connectivity index (χ4n) is 2.08. The number of anilines is 2. The molecule has 0 radical (unpaired) electrons. The number of alkyl halides is 3. The minimum atomic E-state index is -4.67. The Bertz CT molecular complexity index is 921. The number of hydrogen-bond donors (Lipinski definition) is 2. The quantitative estimate of drug-likeness (QED) is 0.562. The van der Waals surface area contributed by atoms with E-state index in [1.165, 1.54) is 13.2 Å². The lowest BCUT2D eigenvalue weighted by atomic mass is 10.2. The highest BCUT2D eigenvalue weighted by atomic mass is 35.5. The van der Waals surface area contributed by atoms with Gasteiger partial charge in [-0.3, -0.25) is 4.79 Å². The first-order valence-corrected chi connectivity index (χ1v) is 7.82. The van der Waals surface area contributed by atoms with Gasteiger partial charge in [-0.15, -0.1) is 0 Å². The Morgan fingerprint density at radius 3 is 2.59 bits per heavy atom. The lowest BCUT2D eigenvalue weighted by Crippen LogP contribution is -2.15. The molecule has 0 heterocycles. The molecule has 2 aromatic rings. The van der Waals surface area contributed by atoms with Crippen molar-refractivity contribution in [1.29, 1.82) is 5.26 Å². The molecule has 0 aromatic heterocycles. The predicted molar refractivity (Wildman–Crippen MR) is 95.4 cm³/mol. The van der Waals surface area contributed by atoms with Gasteiger partial charge in [-0.05, 0) is 30.3 Å². The lowest BCUT2D eigenvalue weighted by Gasteiger charge is -2.12. The molecule has 1 amide bonds. The molecule has 0 aliphatic heterocycles. The van der Waals surface area contributed by atoms with Crippen molar-refractivity contribution >= 4 is 28.9 Å². The van der Waals surface area contributed by atoms with Crippen LogP contribution in [0.3, 0.4) is 0 Å². The molecule has 0 fully saturated rings. The van der Waals surface area contributed by atoms with Crippen molar-refractivity contribution in [2.75, 3.05) is 17.7 Å². The minimum absolute atomic E-state index is 0.143. The Labute approximate surface area is 158 Å². The van der Waals surface area contributed by atoms with Gasteiger partial charge in [0.1, 0.15) is 17.4 Å². The van der Waals surface area contributed by atoms with E-state index in [0.29, 0.717) is 17.5 Å². The summed E-state index contributed by atoms with van der Waals surface area (Å²) in [5.41, 5.74) is -1.07. The molecule has 27 heavy (non-hydrogen) atoms. The van der Waals surface area contributed by atoms with Crippen LogP contribution in [0.2, 0.25) is 5.02 Å². The van der Waals surface area contributed by atoms with E-state index in [1.807, 2.05) is 0 Å². The van der Waals surface area contributed by atoms with Gasteiger partial charge in [0, 0.05) is 11.9 Å². The SMILES string of the molecule is COc1ccccc1N/C=C(/C#N)C(=O)Nc1ccc(Cl)c(C(F)(F)F)c1. The van der Waals surface area contributed by atoms with E-state index < -0.39 is 22.7 Å². The summed E-state index contributed by atoms with van der Waals surface area (Å²) in [5, 5.41) is 13.7. The van der Waals surface area contributed by atoms with Crippen LogP contribution in [-0.4, -0.2) is 13.0 Å². The van der Waals surface area contributed by atoms with Gasteiger partial charge >= 0.3 is 6.18 Å². The number of carbonyl (C=O) groups excluding carboxylic acids is 1. The number of nitrogens with one attached hydrogen (secondary N) is 2. The van der Waals surface area contributed by atoms with Gasteiger partial charge in [-0.2, -0.15) is 18.4 Å². The van der Waals surface area contributed by atoms with Crippen LogP contribution in [0.5, 0.6) is 5.75 Å². The molecule has 5 nitrogen and oxygen atoms in total. The maximum Gasteiger partial charge on any atom is 0.417 e. The predicted octanol–water partition coefficient (Wildman–Crippen LogP) is 4.83. The summed E-state index contributed by atoms with van der Waals surface area (Å²) in [5.74, 6) is -0.394. The number of methoxy groups -OCH3 is 1. The average molecular weight is 396 g/mol. The van der Waals surface area contributed by atoms with E-state index in [-0.39, 0.29) is 11.3 Å². The number of rotatable bonds is 5. The van der Waals surface area contributed by atoms with E-state index in [2.05, 4.69) is 10.6 Å². The molecule has 140 valence electrons. The van der Waals surface area contributed by atoms with Gasteiger partial charge in [-0.1, -0.05) is 23.7 Å². The Hall–Kier alpha value is -3.18. The number of benzene rings is 2. The fourth-order valence-corrected chi connectivity index (χ4v) is 2.31. The van der Waals surface area contributed by atoms with Crippen molar-refractivity contribution in [3.05, 3.63) is 64.8 Å². The van der Waals surface area contributed by atoms with E-state index in [1.54, 1.807) is 30.3 Å². The van der Waals surface area contributed by atoms with Crippen LogP contribution < -0.4 is 15.4 Å². The molecule has 2 aromatic carbocycles. The van der Waals surface area contributed by atoms with Crippen LogP contribution in [0.25, 0.3) is 0 Å². The Morgan fingerprint density at radius 2 is 1.96 bits per heavy atom. The van der Waals surface area contributed by atoms with Gasteiger partial charge in [0.15, 0.2) is 0 Å². The molecule has 0 aliphatic carbocycles. The van der Waals surface area contributed by atoms with Crippen LogP contribution in [0.4, 0.5) is 24.5 Å². The van der Waals surface area contributed by atoms with Crippen LogP contribution >= 0.6 is 11.6 Å². The summed E-state index contributed by atoms with van der Waals surface area (Å²) in [4.78, 5) is 12.2. The van der Waals surface area contributed by atoms with E-state index >= 15 is 0 Å². The van der Waals surface area contributed by atoms with Gasteiger partial charge < -0.3 is 15.4 Å². The monoisotopic (exact) mass is 395 g/mol. The Balaban J connectivity index is 2.19. The molecule has 0 bridgehead atoms. The maximum atomic E-state index is 12.9. The normalized spacial score (nSPS) is 11.5. The first-order chi connectivity index (χ1) is 12.8. The number of amides is 1. The zero-order chi connectivity index (χ0) is 20.0. The van der Waals surface area contributed by atoms with Gasteiger partial charge in [0.2, 0.25) is 0 Å². The highest BCUT2D eigenvalue weighted by molar-refractivity contribution is 6.31. The molecular weight excluding hydrogens is 383 g/mol. The molecule has 0 saturated carbocycles. The lowest BCUT2D eigenvalue weighted by molar-refractivity contribution is -0.137. The van der Waals surface area contributed by atoms with E-state index in [4.69, 9.17) is 21.6 Å². The van der Waals surface area contributed by atoms with Crippen molar-refractivity contribution in [1.82, 2.24) is 0 Å². The zero-order valence-electron chi connectivity index (χ0n) is 13.9. The van der Waals surface area contributed by atoms with Crippen molar-refractivity contribution in [2.45, 2.75) is 6.18 Å². The largest absolute Gasteiger partial charge is 0.495 e. The summed E-state index contributed by atoms with van der Waals surface area (Å²) in [7, 11) is 1.46. The molecule has 9 heteroatoms. The number of hydrogen-bond acceptors (Lipinski definition) is 4. The fraction of sp³-hybridized carbons (Fsp3) is 0.111. The van der Waals surface area contributed by atoms with E-state index in [0.717, 1.165) is 12.3 Å². The number of nitrogens with zero attached hydrogens (tertiary/aromatic N) is 1. The van der Waals surface area contributed by atoms with Gasteiger partial charge in [0.25, 0.3) is 5.91 Å². The minimum Gasteiger partial charge on any atom is -0.495 e.